The number of carbonyl (C=O) groups excluding carboxylic acids is 1. The summed E-state index contributed by atoms with van der Waals surface area (Å²) in [6.07, 6.45) is 0.00481. The summed E-state index contributed by atoms with van der Waals surface area (Å²) in [5, 5.41) is 0. The average molecular weight is 388 g/mol. The highest BCUT2D eigenvalue weighted by Gasteiger charge is 2.24. The highest BCUT2D eigenvalue weighted by atomic mass is 32.2. The number of piperazine rings is 1. The summed E-state index contributed by atoms with van der Waals surface area (Å²) in [4.78, 5) is 16.5. The zero-order valence-electron chi connectivity index (χ0n) is 15.5. The Balaban J connectivity index is 1.51. The lowest BCUT2D eigenvalue weighted by Gasteiger charge is -2.36. The van der Waals surface area contributed by atoms with Crippen molar-refractivity contribution >= 4 is 27.3 Å². The summed E-state index contributed by atoms with van der Waals surface area (Å²) in [5.41, 5.74) is 1.75. The number of hydrogen-bond donors (Lipinski definition) is 0. The quantitative estimate of drug-likeness (QED) is 0.762. The van der Waals surface area contributed by atoms with Crippen LogP contribution in [0.2, 0.25) is 0 Å². The van der Waals surface area contributed by atoms with Crippen molar-refractivity contribution in [3.05, 3.63) is 60.7 Å². The minimum Gasteiger partial charge on any atom is -0.368 e. The Morgan fingerprint density at radius 2 is 1.48 bits per heavy atom. The van der Waals surface area contributed by atoms with Crippen LogP contribution in [0.15, 0.2) is 60.7 Å². The average Bonchev–Trinajstić information content (AvgIpc) is 2.73. The number of benzene rings is 2. The van der Waals surface area contributed by atoms with Crippen molar-refractivity contribution in [2.24, 2.45) is 0 Å². The van der Waals surface area contributed by atoms with Gasteiger partial charge in [-0.1, -0.05) is 36.4 Å². The molecule has 0 radical (unpaired) electrons. The highest BCUT2D eigenvalue weighted by Crippen LogP contribution is 2.18. The summed E-state index contributed by atoms with van der Waals surface area (Å²) >= 11 is 0. The van der Waals surface area contributed by atoms with Crippen LogP contribution in [-0.4, -0.2) is 58.2 Å². The van der Waals surface area contributed by atoms with Crippen molar-refractivity contribution in [2.45, 2.75) is 6.42 Å². The minimum absolute atomic E-state index is 0.00481. The predicted molar refractivity (Wildman–Crippen MR) is 108 cm³/mol. The molecule has 6 nitrogen and oxygen atoms in total. The second-order valence-electron chi connectivity index (χ2n) is 6.57. The molecule has 1 heterocycles. The number of amides is 1. The second-order valence-corrected chi connectivity index (χ2v) is 8.69. The first kappa shape index (κ1) is 19.2. The lowest BCUT2D eigenvalue weighted by molar-refractivity contribution is -0.131. The molecule has 7 heteroatoms. The zero-order valence-corrected chi connectivity index (χ0v) is 16.3. The van der Waals surface area contributed by atoms with Gasteiger partial charge in [0, 0.05) is 45.3 Å². The van der Waals surface area contributed by atoms with Crippen molar-refractivity contribution < 1.29 is 13.2 Å². The van der Waals surface area contributed by atoms with Gasteiger partial charge in [-0.3, -0.25) is 9.10 Å². The Morgan fingerprint density at radius 1 is 0.926 bits per heavy atom. The molecule has 0 spiro atoms. The fraction of sp³-hybridized carbons (Fsp3) is 0.350. The Morgan fingerprint density at radius 3 is 2.07 bits per heavy atom. The maximum absolute atomic E-state index is 12.5. The van der Waals surface area contributed by atoms with Crippen molar-refractivity contribution in [1.82, 2.24) is 4.90 Å². The molecule has 2 aromatic rings. The second kappa shape index (κ2) is 8.43. The number of carbonyl (C=O) groups is 1. The molecule has 3 rings (SSSR count). The van der Waals surface area contributed by atoms with Gasteiger partial charge in [-0.2, -0.15) is 0 Å². The first-order chi connectivity index (χ1) is 13.0. The molecule has 0 unspecified atom stereocenters. The minimum atomic E-state index is -3.53. The molecule has 1 fully saturated rings. The van der Waals surface area contributed by atoms with Crippen LogP contribution in [-0.2, 0) is 14.8 Å². The summed E-state index contributed by atoms with van der Waals surface area (Å²) in [6, 6.07) is 19.0. The SMILES string of the molecule is CN(c1ccccc1)S(=O)(=O)CCC(=O)N1CCN(c2ccccc2)CC1. The molecule has 0 saturated carbocycles. The topological polar surface area (TPSA) is 60.9 Å². The Kier molecular flexibility index (Phi) is 6.01. The van der Waals surface area contributed by atoms with E-state index in [1.54, 1.807) is 29.2 Å². The third kappa shape index (κ3) is 4.80. The fourth-order valence-corrected chi connectivity index (χ4v) is 4.31. The van der Waals surface area contributed by atoms with E-state index in [0.717, 1.165) is 18.8 Å². The van der Waals surface area contributed by atoms with Crippen LogP contribution in [0.5, 0.6) is 0 Å². The number of rotatable bonds is 6. The van der Waals surface area contributed by atoms with Crippen LogP contribution in [0.1, 0.15) is 6.42 Å². The maximum atomic E-state index is 12.5. The monoisotopic (exact) mass is 387 g/mol. The summed E-state index contributed by atoms with van der Waals surface area (Å²) in [6.45, 7) is 2.74. The molecular weight excluding hydrogens is 362 g/mol. The Hall–Kier alpha value is -2.54. The van der Waals surface area contributed by atoms with E-state index >= 15 is 0 Å². The predicted octanol–water partition coefficient (Wildman–Crippen LogP) is 2.19. The van der Waals surface area contributed by atoms with Crippen LogP contribution < -0.4 is 9.21 Å². The van der Waals surface area contributed by atoms with E-state index in [0.29, 0.717) is 18.8 Å². The first-order valence-corrected chi connectivity index (χ1v) is 10.7. The number of anilines is 2. The number of sulfonamides is 1. The van der Waals surface area contributed by atoms with Crippen LogP contribution in [0, 0.1) is 0 Å². The van der Waals surface area contributed by atoms with Gasteiger partial charge in [0.05, 0.1) is 11.4 Å². The summed E-state index contributed by atoms with van der Waals surface area (Å²) in [7, 11) is -2.00. The highest BCUT2D eigenvalue weighted by molar-refractivity contribution is 7.92. The molecule has 27 heavy (non-hydrogen) atoms. The molecule has 2 aromatic carbocycles. The standard InChI is InChI=1S/C20H25N3O3S/c1-21(18-8-4-2-5-9-18)27(25,26)17-12-20(24)23-15-13-22(14-16-23)19-10-6-3-7-11-19/h2-11H,12-17H2,1H3. The van der Waals surface area contributed by atoms with E-state index in [2.05, 4.69) is 17.0 Å². The van der Waals surface area contributed by atoms with Gasteiger partial charge in [0.15, 0.2) is 0 Å². The molecule has 1 amide bonds. The van der Waals surface area contributed by atoms with Gasteiger partial charge in [-0.15, -0.1) is 0 Å². The summed E-state index contributed by atoms with van der Waals surface area (Å²) < 4.78 is 26.2. The van der Waals surface area contributed by atoms with Gasteiger partial charge in [-0.05, 0) is 24.3 Å². The smallest absolute Gasteiger partial charge is 0.235 e. The zero-order chi connectivity index (χ0) is 19.3. The normalized spacial score (nSPS) is 14.9. The molecule has 0 N–H and O–H groups in total. The molecule has 0 bridgehead atoms. The van der Waals surface area contributed by atoms with Gasteiger partial charge in [-0.25, -0.2) is 8.42 Å². The molecular formula is C20H25N3O3S. The molecule has 0 aromatic heterocycles. The first-order valence-electron chi connectivity index (χ1n) is 9.07. The Labute approximate surface area is 161 Å². The summed E-state index contributed by atoms with van der Waals surface area (Å²) in [5.74, 6) is -0.288. The van der Waals surface area contributed by atoms with E-state index < -0.39 is 10.0 Å². The van der Waals surface area contributed by atoms with Crippen molar-refractivity contribution in [3.63, 3.8) is 0 Å². The van der Waals surface area contributed by atoms with E-state index in [4.69, 9.17) is 0 Å². The van der Waals surface area contributed by atoms with E-state index in [-0.39, 0.29) is 18.1 Å². The molecule has 0 atom stereocenters. The van der Waals surface area contributed by atoms with Crippen molar-refractivity contribution in [3.8, 4) is 0 Å². The van der Waals surface area contributed by atoms with E-state index in [9.17, 15) is 13.2 Å². The molecule has 0 aliphatic carbocycles. The molecule has 1 aliphatic heterocycles. The Bertz CT molecular complexity index is 849. The third-order valence-corrected chi connectivity index (χ3v) is 6.63. The van der Waals surface area contributed by atoms with Gasteiger partial charge in [0.1, 0.15) is 0 Å². The van der Waals surface area contributed by atoms with Crippen LogP contribution >= 0.6 is 0 Å². The van der Waals surface area contributed by atoms with E-state index in [1.165, 1.54) is 11.4 Å². The van der Waals surface area contributed by atoms with Crippen molar-refractivity contribution in [2.75, 3.05) is 48.2 Å². The van der Waals surface area contributed by atoms with Crippen LogP contribution in [0.25, 0.3) is 0 Å². The molecule has 144 valence electrons. The number of hydrogen-bond acceptors (Lipinski definition) is 4. The van der Waals surface area contributed by atoms with Gasteiger partial charge >= 0.3 is 0 Å². The van der Waals surface area contributed by atoms with Gasteiger partial charge in [0.25, 0.3) is 0 Å². The molecule has 1 saturated heterocycles. The van der Waals surface area contributed by atoms with Gasteiger partial charge < -0.3 is 9.80 Å². The van der Waals surface area contributed by atoms with Crippen molar-refractivity contribution in [1.29, 1.82) is 0 Å². The number of para-hydroxylation sites is 2. The van der Waals surface area contributed by atoms with Crippen LogP contribution in [0.4, 0.5) is 11.4 Å². The lowest BCUT2D eigenvalue weighted by Crippen LogP contribution is -2.49. The lowest BCUT2D eigenvalue weighted by atomic mass is 10.2. The fourth-order valence-electron chi connectivity index (χ4n) is 3.16. The largest absolute Gasteiger partial charge is 0.368 e. The maximum Gasteiger partial charge on any atom is 0.235 e. The third-order valence-electron chi connectivity index (χ3n) is 4.86. The van der Waals surface area contributed by atoms with E-state index in [1.807, 2.05) is 24.3 Å². The van der Waals surface area contributed by atoms with Gasteiger partial charge in [0.2, 0.25) is 15.9 Å². The molecule has 1 aliphatic rings. The van der Waals surface area contributed by atoms with Crippen LogP contribution in [0.3, 0.4) is 0 Å². The number of nitrogens with zero attached hydrogens (tertiary/aromatic N) is 3.